The van der Waals surface area contributed by atoms with Gasteiger partial charge in [-0.2, -0.15) is 0 Å². The summed E-state index contributed by atoms with van der Waals surface area (Å²) in [5, 5.41) is 6.53. The fourth-order valence-electron chi connectivity index (χ4n) is 3.75. The highest BCUT2D eigenvalue weighted by Gasteiger charge is 2.30. The van der Waals surface area contributed by atoms with Crippen molar-refractivity contribution in [2.45, 2.75) is 24.2 Å². The van der Waals surface area contributed by atoms with Crippen molar-refractivity contribution in [2.24, 2.45) is 0 Å². The molecule has 7 nitrogen and oxygen atoms in total. The molecule has 1 aliphatic rings. The van der Waals surface area contributed by atoms with Crippen LogP contribution in [0.1, 0.15) is 18.4 Å². The van der Waals surface area contributed by atoms with Gasteiger partial charge in [0.1, 0.15) is 5.75 Å². The van der Waals surface area contributed by atoms with Gasteiger partial charge in [-0.05, 0) is 79.2 Å². The van der Waals surface area contributed by atoms with E-state index in [1.54, 1.807) is 30.3 Å². The van der Waals surface area contributed by atoms with Crippen molar-refractivity contribution in [1.82, 2.24) is 5.32 Å². The number of anilines is 2. The first-order chi connectivity index (χ1) is 17.2. The highest BCUT2D eigenvalue weighted by atomic mass is 35.5. The molecule has 1 aliphatic heterocycles. The molecule has 36 heavy (non-hydrogen) atoms. The predicted molar refractivity (Wildman–Crippen MR) is 147 cm³/mol. The number of hydrogen-bond acceptors (Lipinski definition) is 5. The average Bonchev–Trinajstić information content (AvgIpc) is 3.28. The van der Waals surface area contributed by atoms with Crippen LogP contribution in [0.2, 0.25) is 10.0 Å². The molecule has 0 aliphatic carbocycles. The summed E-state index contributed by atoms with van der Waals surface area (Å²) in [6.45, 7) is 0.710. The number of carbonyl (C=O) groups excluding carboxylic acids is 1. The molecule has 11 heteroatoms. The van der Waals surface area contributed by atoms with Gasteiger partial charge in [-0.3, -0.25) is 9.10 Å². The maximum Gasteiger partial charge on any atom is 0.264 e. The van der Waals surface area contributed by atoms with Gasteiger partial charge in [-0.15, -0.1) is 0 Å². The van der Waals surface area contributed by atoms with Crippen LogP contribution in [0.5, 0.6) is 5.75 Å². The molecular formula is C25H23Cl2N3O4S2. The highest BCUT2D eigenvalue weighted by molar-refractivity contribution is 7.92. The lowest BCUT2D eigenvalue weighted by Crippen LogP contribution is -2.34. The quantitative estimate of drug-likeness (QED) is 0.281. The van der Waals surface area contributed by atoms with Crippen molar-refractivity contribution in [3.63, 3.8) is 0 Å². The molecule has 0 radical (unpaired) electrons. The van der Waals surface area contributed by atoms with Gasteiger partial charge in [0.15, 0.2) is 5.11 Å². The first-order valence-corrected chi connectivity index (χ1v) is 13.7. The number of para-hydroxylation sites is 1. The number of benzene rings is 3. The minimum atomic E-state index is -3.68. The van der Waals surface area contributed by atoms with E-state index in [-0.39, 0.29) is 22.3 Å². The van der Waals surface area contributed by atoms with Crippen LogP contribution in [-0.4, -0.2) is 32.6 Å². The van der Waals surface area contributed by atoms with Crippen molar-refractivity contribution in [3.8, 4) is 5.75 Å². The van der Waals surface area contributed by atoms with Crippen LogP contribution in [0, 0.1) is 0 Å². The van der Waals surface area contributed by atoms with Gasteiger partial charge in [0, 0.05) is 23.7 Å². The number of sulfonamides is 1. The summed E-state index contributed by atoms with van der Waals surface area (Å²) < 4.78 is 33.2. The fourth-order valence-corrected chi connectivity index (χ4v) is 5.95. The Morgan fingerprint density at radius 1 is 1.06 bits per heavy atom. The standard InChI is InChI=1S/C25H23Cl2N3O4S2/c26-18-7-12-23(21(27)16-18)34-15-3-6-24(31)29-25(35)28-19-8-10-20(11-9-19)36(32,33)30-14-13-17-4-1-2-5-22(17)30/h1-2,4-5,7-12,16H,3,6,13-15H2,(H2,28,29,31,35). The summed E-state index contributed by atoms with van der Waals surface area (Å²) >= 11 is 17.1. The SMILES string of the molecule is O=C(CCCOc1ccc(Cl)cc1Cl)NC(=S)Nc1ccc(S(=O)(=O)N2CCc3ccccc32)cc1. The number of amides is 1. The van der Waals surface area contributed by atoms with Crippen molar-refractivity contribution in [1.29, 1.82) is 0 Å². The molecule has 3 aromatic carbocycles. The van der Waals surface area contributed by atoms with Gasteiger partial charge in [0.2, 0.25) is 5.91 Å². The van der Waals surface area contributed by atoms with Gasteiger partial charge in [0.25, 0.3) is 10.0 Å². The topological polar surface area (TPSA) is 87.7 Å². The summed E-state index contributed by atoms with van der Waals surface area (Å²) in [6, 6.07) is 18.7. The summed E-state index contributed by atoms with van der Waals surface area (Å²) in [4.78, 5) is 12.4. The first-order valence-electron chi connectivity index (χ1n) is 11.1. The minimum Gasteiger partial charge on any atom is -0.492 e. The Balaban J connectivity index is 1.25. The second kappa shape index (κ2) is 11.5. The molecule has 2 N–H and O–H groups in total. The van der Waals surface area contributed by atoms with Gasteiger partial charge < -0.3 is 15.4 Å². The van der Waals surface area contributed by atoms with Crippen LogP contribution in [0.3, 0.4) is 0 Å². The molecule has 1 amide bonds. The summed E-state index contributed by atoms with van der Waals surface area (Å²) in [5.41, 5.74) is 2.29. The van der Waals surface area contributed by atoms with Crippen molar-refractivity contribution in [2.75, 3.05) is 22.8 Å². The van der Waals surface area contributed by atoms with Gasteiger partial charge in [0.05, 0.1) is 22.2 Å². The zero-order valence-electron chi connectivity index (χ0n) is 19.0. The van der Waals surface area contributed by atoms with E-state index in [0.29, 0.717) is 53.2 Å². The molecule has 1 heterocycles. The zero-order chi connectivity index (χ0) is 25.7. The predicted octanol–water partition coefficient (Wildman–Crippen LogP) is 5.42. The number of nitrogens with zero attached hydrogens (tertiary/aromatic N) is 1. The Labute approximate surface area is 225 Å². The summed E-state index contributed by atoms with van der Waals surface area (Å²) in [5.74, 6) is 0.225. The second-order valence-corrected chi connectivity index (χ2v) is 11.1. The van der Waals surface area contributed by atoms with E-state index in [0.717, 1.165) is 5.56 Å². The Morgan fingerprint density at radius 2 is 1.81 bits per heavy atom. The number of rotatable bonds is 8. The molecular weight excluding hydrogens is 541 g/mol. The Bertz CT molecular complexity index is 1380. The van der Waals surface area contributed by atoms with Crippen molar-refractivity contribution in [3.05, 3.63) is 82.3 Å². The fraction of sp³-hybridized carbons (Fsp3) is 0.200. The van der Waals surface area contributed by atoms with Crippen LogP contribution < -0.4 is 19.7 Å². The molecule has 0 bridgehead atoms. The molecule has 0 fully saturated rings. The van der Waals surface area contributed by atoms with Crippen LogP contribution in [0.15, 0.2) is 71.6 Å². The Hall–Kier alpha value is -2.85. The Morgan fingerprint density at radius 3 is 2.56 bits per heavy atom. The van der Waals surface area contributed by atoms with Crippen LogP contribution in [-0.2, 0) is 21.2 Å². The van der Waals surface area contributed by atoms with E-state index in [2.05, 4.69) is 10.6 Å². The molecule has 188 valence electrons. The number of fused-ring (bicyclic) bond motifs is 1. The second-order valence-electron chi connectivity index (χ2n) is 8.01. The largest absolute Gasteiger partial charge is 0.492 e. The molecule has 0 spiro atoms. The van der Waals surface area contributed by atoms with Crippen LogP contribution in [0.25, 0.3) is 0 Å². The van der Waals surface area contributed by atoms with E-state index < -0.39 is 10.0 Å². The lowest BCUT2D eigenvalue weighted by atomic mass is 10.2. The zero-order valence-corrected chi connectivity index (χ0v) is 22.2. The highest BCUT2D eigenvalue weighted by Crippen LogP contribution is 2.33. The number of carbonyl (C=O) groups is 1. The van der Waals surface area contributed by atoms with Crippen molar-refractivity contribution >= 4 is 67.8 Å². The maximum atomic E-state index is 13.1. The maximum absolute atomic E-state index is 13.1. The molecule has 0 unspecified atom stereocenters. The van der Waals surface area contributed by atoms with Crippen LogP contribution in [0.4, 0.5) is 11.4 Å². The molecule has 0 aromatic heterocycles. The lowest BCUT2D eigenvalue weighted by Gasteiger charge is -2.19. The lowest BCUT2D eigenvalue weighted by molar-refractivity contribution is -0.119. The third-order valence-electron chi connectivity index (χ3n) is 5.50. The molecule has 0 saturated carbocycles. The van der Waals surface area contributed by atoms with Gasteiger partial charge in [-0.1, -0.05) is 41.4 Å². The average molecular weight is 565 g/mol. The van der Waals surface area contributed by atoms with E-state index >= 15 is 0 Å². The number of nitrogens with one attached hydrogen (secondary N) is 2. The summed E-state index contributed by atoms with van der Waals surface area (Å²) in [6.07, 6.45) is 1.34. The minimum absolute atomic E-state index is 0.116. The van der Waals surface area contributed by atoms with E-state index in [9.17, 15) is 13.2 Å². The third kappa shape index (κ3) is 6.28. The number of halogens is 2. The molecule has 0 saturated heterocycles. The number of thiocarbonyl (C=S) groups is 1. The van der Waals surface area contributed by atoms with E-state index in [1.165, 1.54) is 16.4 Å². The third-order valence-corrected chi connectivity index (χ3v) is 8.06. The van der Waals surface area contributed by atoms with Crippen LogP contribution >= 0.6 is 35.4 Å². The van der Waals surface area contributed by atoms with E-state index in [4.69, 9.17) is 40.2 Å². The molecule has 4 rings (SSSR count). The Kier molecular flexibility index (Phi) is 8.35. The first kappa shape index (κ1) is 26.2. The molecule has 3 aromatic rings. The smallest absolute Gasteiger partial charge is 0.264 e. The summed E-state index contributed by atoms with van der Waals surface area (Å²) in [7, 11) is -3.68. The monoisotopic (exact) mass is 563 g/mol. The number of hydrogen-bond donors (Lipinski definition) is 2. The number of ether oxygens (including phenoxy) is 1. The molecule has 0 atom stereocenters. The van der Waals surface area contributed by atoms with Gasteiger partial charge >= 0.3 is 0 Å². The van der Waals surface area contributed by atoms with Gasteiger partial charge in [-0.25, -0.2) is 8.42 Å². The van der Waals surface area contributed by atoms with Crippen molar-refractivity contribution < 1.29 is 17.9 Å². The van der Waals surface area contributed by atoms with E-state index in [1.807, 2.05) is 24.3 Å². The normalized spacial score (nSPS) is 12.7.